The maximum absolute atomic E-state index is 13.0. The van der Waals surface area contributed by atoms with Gasteiger partial charge in [-0.2, -0.15) is 0 Å². The molecule has 2 aromatic carbocycles. The fourth-order valence-electron chi connectivity index (χ4n) is 2.90. The molecule has 1 N–H and O–H groups in total. The summed E-state index contributed by atoms with van der Waals surface area (Å²) in [5.41, 5.74) is 4.59. The second kappa shape index (κ2) is 7.99. The highest BCUT2D eigenvalue weighted by Gasteiger charge is 2.18. The van der Waals surface area contributed by atoms with E-state index in [1.807, 2.05) is 43.3 Å². The number of aromatic nitrogens is 2. The number of carbonyl (C=O) groups excluding carboxylic acids is 1. The predicted octanol–water partition coefficient (Wildman–Crippen LogP) is 4.81. The van der Waals surface area contributed by atoms with Crippen molar-refractivity contribution in [2.75, 3.05) is 16.8 Å². The Morgan fingerprint density at radius 1 is 0.963 bits per heavy atom. The number of hydrogen-bond acceptors (Lipinski definition) is 4. The van der Waals surface area contributed by atoms with Gasteiger partial charge in [0.25, 0.3) is 5.91 Å². The maximum Gasteiger partial charge on any atom is 0.277 e. The van der Waals surface area contributed by atoms with Crippen LogP contribution in [0.15, 0.2) is 54.6 Å². The van der Waals surface area contributed by atoms with Crippen LogP contribution < -0.4 is 10.2 Å². The van der Waals surface area contributed by atoms with E-state index in [0.717, 1.165) is 11.4 Å². The molecule has 0 unspecified atom stereocenters. The third kappa shape index (κ3) is 4.31. The van der Waals surface area contributed by atoms with Crippen LogP contribution in [-0.4, -0.2) is 22.4 Å². The number of hydrogen-bond donors (Lipinski definition) is 1. The molecule has 1 aromatic heterocycles. The molecular weight excluding hydrogens is 336 g/mol. The van der Waals surface area contributed by atoms with E-state index in [1.165, 1.54) is 11.1 Å². The Labute approximate surface area is 160 Å². The number of anilines is 3. The number of benzene rings is 2. The number of nitrogens with one attached hydrogen (secondary N) is 1. The van der Waals surface area contributed by atoms with Gasteiger partial charge in [0.2, 0.25) is 0 Å². The molecule has 138 valence electrons. The summed E-state index contributed by atoms with van der Waals surface area (Å²) in [6.45, 7) is 8.45. The third-order valence-electron chi connectivity index (χ3n) is 4.47. The summed E-state index contributed by atoms with van der Waals surface area (Å²) >= 11 is 0. The summed E-state index contributed by atoms with van der Waals surface area (Å²) < 4.78 is 0. The Kier molecular flexibility index (Phi) is 5.50. The molecule has 3 rings (SSSR count). The molecule has 0 aliphatic carbocycles. The summed E-state index contributed by atoms with van der Waals surface area (Å²) in [7, 11) is 0. The lowest BCUT2D eigenvalue weighted by Crippen LogP contribution is -2.31. The van der Waals surface area contributed by atoms with Gasteiger partial charge in [0.05, 0.1) is 0 Å². The molecule has 0 saturated heterocycles. The van der Waals surface area contributed by atoms with Crippen LogP contribution in [0.25, 0.3) is 0 Å². The lowest BCUT2D eigenvalue weighted by molar-refractivity contribution is 0.0983. The van der Waals surface area contributed by atoms with Gasteiger partial charge in [-0.1, -0.05) is 24.3 Å². The van der Waals surface area contributed by atoms with Gasteiger partial charge in [-0.15, -0.1) is 0 Å². The highest BCUT2D eigenvalue weighted by molar-refractivity contribution is 6.05. The normalized spacial score (nSPS) is 10.5. The lowest BCUT2D eigenvalue weighted by atomic mass is 10.1. The van der Waals surface area contributed by atoms with E-state index in [-0.39, 0.29) is 5.91 Å². The van der Waals surface area contributed by atoms with Gasteiger partial charge in [-0.3, -0.25) is 4.79 Å². The second-order valence-corrected chi connectivity index (χ2v) is 6.49. The van der Waals surface area contributed by atoms with Crippen LogP contribution >= 0.6 is 0 Å². The topological polar surface area (TPSA) is 58.1 Å². The molecule has 5 heteroatoms. The summed E-state index contributed by atoms with van der Waals surface area (Å²) in [4.78, 5) is 23.5. The van der Waals surface area contributed by atoms with E-state index in [4.69, 9.17) is 0 Å². The number of rotatable bonds is 5. The van der Waals surface area contributed by atoms with Gasteiger partial charge in [0.1, 0.15) is 17.3 Å². The average Bonchev–Trinajstić information content (AvgIpc) is 2.66. The molecule has 1 heterocycles. The van der Waals surface area contributed by atoms with Gasteiger partial charge in [0.15, 0.2) is 0 Å². The predicted molar refractivity (Wildman–Crippen MR) is 110 cm³/mol. The second-order valence-electron chi connectivity index (χ2n) is 6.49. The number of carbonyl (C=O) groups is 1. The monoisotopic (exact) mass is 360 g/mol. The fraction of sp³-hybridized carbons (Fsp3) is 0.227. The minimum absolute atomic E-state index is 0.141. The van der Waals surface area contributed by atoms with Gasteiger partial charge in [0, 0.05) is 24.0 Å². The smallest absolute Gasteiger partial charge is 0.277 e. The first-order valence-electron chi connectivity index (χ1n) is 9.05. The van der Waals surface area contributed by atoms with Crippen molar-refractivity contribution in [1.82, 2.24) is 9.97 Å². The maximum atomic E-state index is 13.0. The lowest BCUT2D eigenvalue weighted by Gasteiger charge is -2.21. The molecule has 0 saturated carbocycles. The summed E-state index contributed by atoms with van der Waals surface area (Å²) in [6.07, 6.45) is 0. The van der Waals surface area contributed by atoms with Crippen LogP contribution in [0.1, 0.15) is 34.4 Å². The number of nitrogens with zero attached hydrogens (tertiary/aromatic N) is 3. The Morgan fingerprint density at radius 2 is 1.70 bits per heavy atom. The Bertz CT molecular complexity index is 954. The van der Waals surface area contributed by atoms with Crippen LogP contribution in [0.5, 0.6) is 0 Å². The molecule has 27 heavy (non-hydrogen) atoms. The van der Waals surface area contributed by atoms with Gasteiger partial charge in [-0.25, -0.2) is 9.97 Å². The highest BCUT2D eigenvalue weighted by atomic mass is 16.2. The van der Waals surface area contributed by atoms with Crippen molar-refractivity contribution in [3.05, 3.63) is 77.2 Å². The van der Waals surface area contributed by atoms with Crippen molar-refractivity contribution < 1.29 is 4.79 Å². The quantitative estimate of drug-likeness (QED) is 0.709. The molecular formula is C22H24N4O. The van der Waals surface area contributed by atoms with E-state index in [9.17, 15) is 4.79 Å². The van der Waals surface area contributed by atoms with E-state index in [2.05, 4.69) is 41.3 Å². The minimum Gasteiger partial charge on any atom is -0.340 e. The fourth-order valence-corrected chi connectivity index (χ4v) is 2.90. The molecule has 0 atom stereocenters. The third-order valence-corrected chi connectivity index (χ3v) is 4.47. The van der Waals surface area contributed by atoms with E-state index in [1.54, 1.807) is 17.9 Å². The number of para-hydroxylation sites is 1. The van der Waals surface area contributed by atoms with Crippen molar-refractivity contribution in [1.29, 1.82) is 0 Å². The van der Waals surface area contributed by atoms with Crippen molar-refractivity contribution in [3.8, 4) is 0 Å². The minimum atomic E-state index is -0.141. The SMILES string of the molecule is CCN(C(=O)c1cc(Nc2ccc(C)c(C)c2)nc(C)n1)c1ccccc1. The largest absolute Gasteiger partial charge is 0.340 e. The number of aryl methyl sites for hydroxylation is 3. The van der Waals surface area contributed by atoms with Crippen LogP contribution in [0.2, 0.25) is 0 Å². The first-order chi connectivity index (χ1) is 13.0. The van der Waals surface area contributed by atoms with Crippen molar-refractivity contribution in [3.63, 3.8) is 0 Å². The summed E-state index contributed by atoms with van der Waals surface area (Å²) in [5.74, 6) is 1.02. The Morgan fingerprint density at radius 3 is 2.37 bits per heavy atom. The molecule has 5 nitrogen and oxygen atoms in total. The summed E-state index contributed by atoms with van der Waals surface area (Å²) in [6, 6.07) is 17.4. The molecule has 0 spiro atoms. The molecule has 0 radical (unpaired) electrons. The van der Waals surface area contributed by atoms with Crippen molar-refractivity contribution in [2.45, 2.75) is 27.7 Å². The molecule has 0 aliphatic heterocycles. The van der Waals surface area contributed by atoms with Crippen LogP contribution in [0, 0.1) is 20.8 Å². The average molecular weight is 360 g/mol. The van der Waals surface area contributed by atoms with E-state index < -0.39 is 0 Å². The van der Waals surface area contributed by atoms with Crippen LogP contribution in [-0.2, 0) is 0 Å². The zero-order valence-electron chi connectivity index (χ0n) is 16.2. The zero-order chi connectivity index (χ0) is 19.4. The standard InChI is InChI=1S/C22H24N4O/c1-5-26(19-9-7-6-8-10-19)22(27)20-14-21(24-17(4)23-20)25-18-12-11-15(2)16(3)13-18/h6-14H,5H2,1-4H3,(H,23,24,25). The molecule has 0 fully saturated rings. The van der Waals surface area contributed by atoms with Gasteiger partial charge >= 0.3 is 0 Å². The first-order valence-corrected chi connectivity index (χ1v) is 9.05. The first kappa shape index (κ1) is 18.6. The zero-order valence-corrected chi connectivity index (χ0v) is 16.2. The number of amides is 1. The van der Waals surface area contributed by atoms with Gasteiger partial charge < -0.3 is 10.2 Å². The van der Waals surface area contributed by atoms with Crippen LogP contribution in [0.4, 0.5) is 17.2 Å². The molecule has 1 amide bonds. The van der Waals surface area contributed by atoms with Crippen LogP contribution in [0.3, 0.4) is 0 Å². The van der Waals surface area contributed by atoms with Crippen molar-refractivity contribution >= 4 is 23.1 Å². The van der Waals surface area contributed by atoms with E-state index >= 15 is 0 Å². The highest BCUT2D eigenvalue weighted by Crippen LogP contribution is 2.21. The van der Waals surface area contributed by atoms with E-state index in [0.29, 0.717) is 23.9 Å². The Balaban J connectivity index is 1.90. The summed E-state index contributed by atoms with van der Waals surface area (Å²) in [5, 5.41) is 3.28. The van der Waals surface area contributed by atoms with Crippen molar-refractivity contribution in [2.24, 2.45) is 0 Å². The molecule has 0 aliphatic rings. The molecule has 0 bridgehead atoms. The molecule has 3 aromatic rings. The van der Waals surface area contributed by atoms with Gasteiger partial charge in [-0.05, 0) is 63.1 Å². The Hall–Kier alpha value is -3.21.